The van der Waals surface area contributed by atoms with Gasteiger partial charge in [0.05, 0.1) is 11.9 Å². The predicted octanol–water partition coefficient (Wildman–Crippen LogP) is 1.62. The second-order valence-corrected chi connectivity index (χ2v) is 7.85. The molecule has 3 rings (SSSR count). The summed E-state index contributed by atoms with van der Waals surface area (Å²) in [4.78, 5) is 12.2. The number of aromatic nitrogens is 4. The lowest BCUT2D eigenvalue weighted by molar-refractivity contribution is 0.0976. The van der Waals surface area contributed by atoms with Crippen LogP contribution in [0.15, 0.2) is 17.2 Å². The van der Waals surface area contributed by atoms with E-state index >= 15 is 0 Å². The Bertz CT molecular complexity index is 846. The van der Waals surface area contributed by atoms with Crippen LogP contribution in [0.25, 0.3) is 0 Å². The molecule has 9 heteroatoms. The molecule has 24 heavy (non-hydrogen) atoms. The van der Waals surface area contributed by atoms with Crippen LogP contribution in [0.4, 0.5) is 0 Å². The predicted molar refractivity (Wildman–Crippen MR) is 87.0 cm³/mol. The second-order valence-electron chi connectivity index (χ2n) is 6.20. The molecule has 1 aliphatic rings. The van der Waals surface area contributed by atoms with Crippen molar-refractivity contribution >= 4 is 15.9 Å². The van der Waals surface area contributed by atoms with Crippen molar-refractivity contribution < 1.29 is 13.2 Å². The van der Waals surface area contributed by atoms with Gasteiger partial charge in [-0.05, 0) is 25.8 Å². The zero-order valence-electron chi connectivity index (χ0n) is 13.7. The first-order valence-corrected chi connectivity index (χ1v) is 9.48. The number of rotatable bonds is 4. The van der Waals surface area contributed by atoms with Gasteiger partial charge in [-0.1, -0.05) is 19.3 Å². The molecule has 0 radical (unpaired) electrons. The Hall–Kier alpha value is -2.16. The molecule has 130 valence electrons. The van der Waals surface area contributed by atoms with Gasteiger partial charge in [0.15, 0.2) is 5.69 Å². The van der Waals surface area contributed by atoms with Crippen LogP contribution in [0.1, 0.15) is 59.9 Å². The van der Waals surface area contributed by atoms with E-state index < -0.39 is 15.9 Å². The van der Waals surface area contributed by atoms with Crippen LogP contribution in [-0.2, 0) is 17.1 Å². The van der Waals surface area contributed by atoms with E-state index in [1.807, 2.05) is 0 Å². The van der Waals surface area contributed by atoms with E-state index in [-0.39, 0.29) is 10.6 Å². The van der Waals surface area contributed by atoms with Crippen LogP contribution in [0, 0.1) is 6.92 Å². The summed E-state index contributed by atoms with van der Waals surface area (Å²) in [6, 6.07) is 1.65. The third-order valence-electron chi connectivity index (χ3n) is 4.58. The molecule has 2 N–H and O–H groups in total. The van der Waals surface area contributed by atoms with Crippen LogP contribution in [0.2, 0.25) is 0 Å². The third-order valence-corrected chi connectivity index (χ3v) is 6.02. The van der Waals surface area contributed by atoms with Gasteiger partial charge in [-0.25, -0.2) is 13.1 Å². The van der Waals surface area contributed by atoms with Gasteiger partial charge in [0.2, 0.25) is 0 Å². The average Bonchev–Trinajstić information content (AvgIpc) is 3.16. The molecule has 0 atom stereocenters. The van der Waals surface area contributed by atoms with Gasteiger partial charge < -0.3 is 0 Å². The number of H-pyrrole nitrogens is 1. The van der Waals surface area contributed by atoms with Crippen molar-refractivity contribution in [1.82, 2.24) is 24.7 Å². The Labute approximate surface area is 140 Å². The Morgan fingerprint density at radius 1 is 1.33 bits per heavy atom. The summed E-state index contributed by atoms with van der Waals surface area (Å²) in [5, 5.41) is 10.7. The van der Waals surface area contributed by atoms with E-state index in [0.717, 1.165) is 18.5 Å². The topological polar surface area (TPSA) is 110 Å². The van der Waals surface area contributed by atoms with Gasteiger partial charge in [-0.2, -0.15) is 10.2 Å². The molecule has 0 aromatic carbocycles. The lowest BCUT2D eigenvalue weighted by Crippen LogP contribution is -2.31. The molecule has 2 aromatic heterocycles. The second kappa shape index (κ2) is 6.39. The number of carbonyl (C=O) groups excluding carboxylic acids is 1. The van der Waals surface area contributed by atoms with E-state index in [1.165, 1.54) is 30.1 Å². The number of nitrogens with zero attached hydrogens (tertiary/aromatic N) is 3. The third kappa shape index (κ3) is 3.21. The first-order chi connectivity index (χ1) is 11.4. The van der Waals surface area contributed by atoms with Gasteiger partial charge in [-0.15, -0.1) is 0 Å². The molecular formula is C15H21N5O3S. The molecule has 1 amide bonds. The highest BCUT2D eigenvalue weighted by molar-refractivity contribution is 7.90. The number of aromatic amines is 1. The number of nitrogens with one attached hydrogen (secondary N) is 2. The molecule has 1 fully saturated rings. The minimum absolute atomic E-state index is 0.0126. The molecule has 0 bridgehead atoms. The fourth-order valence-electron chi connectivity index (χ4n) is 3.05. The number of hydrogen-bond donors (Lipinski definition) is 2. The highest BCUT2D eigenvalue weighted by Gasteiger charge is 2.25. The summed E-state index contributed by atoms with van der Waals surface area (Å²) in [5.74, 6) is -0.374. The number of aryl methyl sites for hydroxylation is 1. The monoisotopic (exact) mass is 351 g/mol. The van der Waals surface area contributed by atoms with Crippen LogP contribution in [0.5, 0.6) is 0 Å². The zero-order chi connectivity index (χ0) is 17.3. The van der Waals surface area contributed by atoms with Gasteiger partial charge in [0.25, 0.3) is 15.9 Å². The van der Waals surface area contributed by atoms with Crippen LogP contribution < -0.4 is 4.72 Å². The number of amides is 1. The summed E-state index contributed by atoms with van der Waals surface area (Å²) in [6.07, 6.45) is 6.93. The molecule has 0 saturated heterocycles. The van der Waals surface area contributed by atoms with E-state index in [2.05, 4.69) is 20.0 Å². The standard InChI is InChI=1S/C15H21N5O3S/c1-10-14(9-16-20(10)2)24(22,23)19-15(21)13-8-12(17-18-13)11-6-4-3-5-7-11/h8-9,11H,3-7H2,1-2H3,(H,17,18)(H,19,21). The maximum absolute atomic E-state index is 12.3. The van der Waals surface area contributed by atoms with Crippen molar-refractivity contribution in [1.29, 1.82) is 0 Å². The number of carbonyl (C=O) groups is 1. The minimum Gasteiger partial charge on any atom is -0.281 e. The van der Waals surface area contributed by atoms with Crippen molar-refractivity contribution in [2.75, 3.05) is 0 Å². The largest absolute Gasteiger partial charge is 0.285 e. The van der Waals surface area contributed by atoms with Crippen molar-refractivity contribution in [3.63, 3.8) is 0 Å². The molecule has 1 aliphatic carbocycles. The molecule has 1 saturated carbocycles. The van der Waals surface area contributed by atoms with Crippen LogP contribution >= 0.6 is 0 Å². The SMILES string of the molecule is Cc1c(S(=O)(=O)NC(=O)c2cc(C3CCCCC3)[nH]n2)cnn1C. The summed E-state index contributed by atoms with van der Waals surface area (Å²) >= 11 is 0. The molecule has 0 aliphatic heterocycles. The van der Waals surface area contributed by atoms with Crippen LogP contribution in [-0.4, -0.2) is 34.3 Å². The van der Waals surface area contributed by atoms with Crippen molar-refractivity contribution in [2.45, 2.75) is 49.8 Å². The lowest BCUT2D eigenvalue weighted by Gasteiger charge is -2.19. The van der Waals surface area contributed by atoms with Crippen LogP contribution in [0.3, 0.4) is 0 Å². The summed E-state index contributed by atoms with van der Waals surface area (Å²) in [6.45, 7) is 1.63. The van der Waals surface area contributed by atoms with Gasteiger partial charge in [0, 0.05) is 18.7 Å². The van der Waals surface area contributed by atoms with Gasteiger partial charge in [0.1, 0.15) is 4.90 Å². The molecule has 0 unspecified atom stereocenters. The van der Waals surface area contributed by atoms with Crippen molar-refractivity contribution in [2.24, 2.45) is 7.05 Å². The maximum Gasteiger partial charge on any atom is 0.285 e. The number of hydrogen-bond acceptors (Lipinski definition) is 5. The summed E-state index contributed by atoms with van der Waals surface area (Å²) in [7, 11) is -2.33. The molecular weight excluding hydrogens is 330 g/mol. The van der Waals surface area contributed by atoms with E-state index in [1.54, 1.807) is 20.0 Å². The summed E-state index contributed by atoms with van der Waals surface area (Å²) < 4.78 is 28.2. The highest BCUT2D eigenvalue weighted by atomic mass is 32.2. The summed E-state index contributed by atoms with van der Waals surface area (Å²) in [5.41, 5.74) is 1.44. The first-order valence-electron chi connectivity index (χ1n) is 7.99. The molecule has 0 spiro atoms. The molecule has 2 heterocycles. The fourth-order valence-corrected chi connectivity index (χ4v) is 4.21. The highest BCUT2D eigenvalue weighted by Crippen LogP contribution is 2.31. The first kappa shape index (κ1) is 16.7. The molecule has 2 aromatic rings. The van der Waals surface area contributed by atoms with Gasteiger partial charge >= 0.3 is 0 Å². The van der Waals surface area contributed by atoms with E-state index in [0.29, 0.717) is 11.6 Å². The average molecular weight is 351 g/mol. The minimum atomic E-state index is -3.97. The van der Waals surface area contributed by atoms with E-state index in [9.17, 15) is 13.2 Å². The van der Waals surface area contributed by atoms with E-state index in [4.69, 9.17) is 0 Å². The zero-order valence-corrected chi connectivity index (χ0v) is 14.6. The van der Waals surface area contributed by atoms with Gasteiger partial charge in [-0.3, -0.25) is 14.6 Å². The number of sulfonamides is 1. The van der Waals surface area contributed by atoms with Crippen molar-refractivity contribution in [3.05, 3.63) is 29.3 Å². The Balaban J connectivity index is 1.75. The lowest BCUT2D eigenvalue weighted by atomic mass is 9.87. The smallest absolute Gasteiger partial charge is 0.281 e. The maximum atomic E-state index is 12.3. The quantitative estimate of drug-likeness (QED) is 0.870. The Kier molecular flexibility index (Phi) is 4.44. The Morgan fingerprint density at radius 3 is 2.67 bits per heavy atom. The Morgan fingerprint density at radius 2 is 2.04 bits per heavy atom. The van der Waals surface area contributed by atoms with Crippen molar-refractivity contribution in [3.8, 4) is 0 Å². The normalized spacial score (nSPS) is 16.2. The fraction of sp³-hybridized carbons (Fsp3) is 0.533. The molecule has 8 nitrogen and oxygen atoms in total.